The summed E-state index contributed by atoms with van der Waals surface area (Å²) in [6.07, 6.45) is 0.663. The first-order valence-corrected chi connectivity index (χ1v) is 7.62. The molecule has 1 aromatic heterocycles. The molecule has 0 aliphatic carbocycles. The van der Waals surface area contributed by atoms with Gasteiger partial charge in [0.05, 0.1) is 10.6 Å². The summed E-state index contributed by atoms with van der Waals surface area (Å²) in [6.45, 7) is 1.88. The molecular formula is C10H11FN4O2S2. The van der Waals surface area contributed by atoms with Gasteiger partial charge in [-0.25, -0.2) is 12.8 Å². The predicted octanol–water partition coefficient (Wildman–Crippen LogP) is 1.62. The van der Waals surface area contributed by atoms with E-state index in [-0.39, 0.29) is 15.7 Å². The fourth-order valence-electron chi connectivity index (χ4n) is 1.29. The van der Waals surface area contributed by atoms with Crippen molar-refractivity contribution in [2.24, 2.45) is 0 Å². The smallest absolute Gasteiger partial charge is 0.263 e. The van der Waals surface area contributed by atoms with Crippen LogP contribution in [0.2, 0.25) is 0 Å². The third-order valence-corrected chi connectivity index (χ3v) is 4.72. The van der Waals surface area contributed by atoms with Crippen molar-refractivity contribution in [2.45, 2.75) is 18.2 Å². The van der Waals surface area contributed by atoms with Gasteiger partial charge in [0.25, 0.3) is 10.0 Å². The number of nitrogen functional groups attached to an aromatic ring is 1. The van der Waals surface area contributed by atoms with Crippen molar-refractivity contribution in [3.8, 4) is 0 Å². The number of nitrogens with two attached hydrogens (primary N) is 1. The highest BCUT2D eigenvalue weighted by Gasteiger charge is 2.18. The minimum absolute atomic E-state index is 0.108. The molecule has 0 saturated carbocycles. The Labute approximate surface area is 113 Å². The first-order valence-electron chi connectivity index (χ1n) is 5.32. The Balaban J connectivity index is 2.29. The van der Waals surface area contributed by atoms with E-state index in [1.807, 2.05) is 6.92 Å². The minimum Gasteiger partial charge on any atom is -0.396 e. The van der Waals surface area contributed by atoms with Crippen molar-refractivity contribution in [2.75, 3.05) is 10.5 Å². The molecule has 0 fully saturated rings. The van der Waals surface area contributed by atoms with E-state index in [4.69, 9.17) is 5.73 Å². The lowest BCUT2D eigenvalue weighted by Crippen LogP contribution is -2.13. The van der Waals surface area contributed by atoms with Gasteiger partial charge >= 0.3 is 0 Å². The number of hydrogen-bond donors (Lipinski definition) is 2. The number of aryl methyl sites for hydroxylation is 1. The summed E-state index contributed by atoms with van der Waals surface area (Å²) in [7, 11) is -3.89. The van der Waals surface area contributed by atoms with Gasteiger partial charge in [0.15, 0.2) is 0 Å². The van der Waals surface area contributed by atoms with Gasteiger partial charge in [-0.15, -0.1) is 10.2 Å². The molecule has 1 heterocycles. The molecule has 0 unspecified atom stereocenters. The van der Waals surface area contributed by atoms with Crippen LogP contribution in [0.15, 0.2) is 23.1 Å². The zero-order valence-corrected chi connectivity index (χ0v) is 11.6. The lowest BCUT2D eigenvalue weighted by molar-refractivity contribution is 0.596. The average molecular weight is 302 g/mol. The Morgan fingerprint density at radius 2 is 2.16 bits per heavy atom. The molecule has 0 atom stereocenters. The molecular weight excluding hydrogens is 291 g/mol. The third-order valence-electron chi connectivity index (χ3n) is 2.27. The van der Waals surface area contributed by atoms with Crippen molar-refractivity contribution in [1.29, 1.82) is 0 Å². The number of halogens is 1. The molecule has 0 aliphatic heterocycles. The van der Waals surface area contributed by atoms with Crippen LogP contribution in [-0.4, -0.2) is 18.6 Å². The van der Waals surface area contributed by atoms with Gasteiger partial charge in [0.1, 0.15) is 10.8 Å². The van der Waals surface area contributed by atoms with E-state index in [2.05, 4.69) is 14.9 Å². The molecule has 0 amide bonds. The minimum atomic E-state index is -3.89. The Morgan fingerprint density at radius 3 is 2.74 bits per heavy atom. The summed E-state index contributed by atoms with van der Waals surface area (Å²) < 4.78 is 39.5. The first kappa shape index (κ1) is 13.7. The lowest BCUT2D eigenvalue weighted by Gasteiger charge is -2.05. The van der Waals surface area contributed by atoms with Crippen LogP contribution in [0.5, 0.6) is 0 Å². The molecule has 2 aromatic rings. The van der Waals surface area contributed by atoms with E-state index in [1.54, 1.807) is 0 Å². The standard InChI is InChI=1S/C10H11FN4O2S2/c1-2-9-13-14-10(18-9)15-19(16,17)6-3-4-8(12)7(11)5-6/h3-5H,2,12H2,1H3,(H,14,15). The van der Waals surface area contributed by atoms with E-state index in [0.29, 0.717) is 11.4 Å². The molecule has 19 heavy (non-hydrogen) atoms. The fraction of sp³-hybridized carbons (Fsp3) is 0.200. The SMILES string of the molecule is CCc1nnc(NS(=O)(=O)c2ccc(N)c(F)c2)s1. The van der Waals surface area contributed by atoms with Crippen LogP contribution in [0.1, 0.15) is 11.9 Å². The van der Waals surface area contributed by atoms with Gasteiger partial charge in [-0.3, -0.25) is 4.72 Å². The normalized spacial score (nSPS) is 11.5. The maximum atomic E-state index is 13.3. The van der Waals surface area contributed by atoms with Gasteiger partial charge < -0.3 is 5.73 Å². The second-order valence-electron chi connectivity index (χ2n) is 3.64. The maximum absolute atomic E-state index is 13.3. The Bertz CT molecular complexity index is 699. The Morgan fingerprint density at radius 1 is 1.42 bits per heavy atom. The fourth-order valence-corrected chi connectivity index (χ4v) is 3.21. The van der Waals surface area contributed by atoms with Crippen LogP contribution >= 0.6 is 11.3 Å². The summed E-state index contributed by atoms with van der Waals surface area (Å²) in [4.78, 5) is -0.215. The van der Waals surface area contributed by atoms with E-state index >= 15 is 0 Å². The quantitative estimate of drug-likeness (QED) is 0.836. The molecule has 0 saturated heterocycles. The van der Waals surface area contributed by atoms with Crippen molar-refractivity contribution in [3.05, 3.63) is 29.0 Å². The molecule has 102 valence electrons. The molecule has 6 nitrogen and oxygen atoms in total. The maximum Gasteiger partial charge on any atom is 0.263 e. The van der Waals surface area contributed by atoms with Crippen LogP contribution in [0, 0.1) is 5.82 Å². The van der Waals surface area contributed by atoms with E-state index in [1.165, 1.54) is 12.1 Å². The van der Waals surface area contributed by atoms with Gasteiger partial charge in [0, 0.05) is 0 Å². The molecule has 3 N–H and O–H groups in total. The molecule has 1 aromatic carbocycles. The van der Waals surface area contributed by atoms with Crippen LogP contribution in [-0.2, 0) is 16.4 Å². The van der Waals surface area contributed by atoms with Crippen LogP contribution < -0.4 is 10.5 Å². The average Bonchev–Trinajstić information content (AvgIpc) is 2.79. The van der Waals surface area contributed by atoms with Crippen LogP contribution in [0.25, 0.3) is 0 Å². The molecule has 0 aliphatic rings. The lowest BCUT2D eigenvalue weighted by atomic mass is 10.3. The topological polar surface area (TPSA) is 98.0 Å². The summed E-state index contributed by atoms with van der Waals surface area (Å²) in [6, 6.07) is 3.28. The van der Waals surface area contributed by atoms with Gasteiger partial charge in [-0.05, 0) is 24.6 Å². The molecule has 0 radical (unpaired) electrons. The predicted molar refractivity (Wildman–Crippen MR) is 70.9 cm³/mol. The largest absolute Gasteiger partial charge is 0.396 e. The van der Waals surface area contributed by atoms with Gasteiger partial charge in [-0.1, -0.05) is 18.3 Å². The monoisotopic (exact) mass is 302 g/mol. The second kappa shape index (κ2) is 5.10. The van der Waals surface area contributed by atoms with E-state index in [0.717, 1.165) is 17.4 Å². The number of anilines is 2. The number of sulfonamides is 1. The zero-order chi connectivity index (χ0) is 14.0. The summed E-state index contributed by atoms with van der Waals surface area (Å²) in [5.41, 5.74) is 5.19. The summed E-state index contributed by atoms with van der Waals surface area (Å²) in [5.74, 6) is -0.783. The zero-order valence-electron chi connectivity index (χ0n) is 9.92. The molecule has 0 spiro atoms. The third kappa shape index (κ3) is 2.99. The Kier molecular flexibility index (Phi) is 3.67. The number of benzene rings is 1. The molecule has 0 bridgehead atoms. The Hall–Kier alpha value is -1.74. The first-order chi connectivity index (χ1) is 8.92. The van der Waals surface area contributed by atoms with Crippen LogP contribution in [0.3, 0.4) is 0 Å². The van der Waals surface area contributed by atoms with Crippen molar-refractivity contribution in [3.63, 3.8) is 0 Å². The second-order valence-corrected chi connectivity index (χ2v) is 6.39. The number of nitrogens with one attached hydrogen (secondary N) is 1. The van der Waals surface area contributed by atoms with E-state index in [9.17, 15) is 12.8 Å². The van der Waals surface area contributed by atoms with Crippen molar-refractivity contribution in [1.82, 2.24) is 10.2 Å². The highest BCUT2D eigenvalue weighted by Crippen LogP contribution is 2.22. The number of hydrogen-bond acceptors (Lipinski definition) is 6. The highest BCUT2D eigenvalue weighted by molar-refractivity contribution is 7.93. The number of aromatic nitrogens is 2. The highest BCUT2D eigenvalue weighted by atomic mass is 32.2. The van der Waals surface area contributed by atoms with E-state index < -0.39 is 15.8 Å². The van der Waals surface area contributed by atoms with Crippen molar-refractivity contribution >= 4 is 32.2 Å². The summed E-state index contributed by atoms with van der Waals surface area (Å²) in [5, 5.41) is 8.35. The summed E-state index contributed by atoms with van der Waals surface area (Å²) >= 11 is 1.13. The number of rotatable bonds is 4. The van der Waals surface area contributed by atoms with Crippen LogP contribution in [0.4, 0.5) is 15.2 Å². The molecule has 9 heteroatoms. The van der Waals surface area contributed by atoms with Crippen molar-refractivity contribution < 1.29 is 12.8 Å². The molecule has 2 rings (SSSR count). The van der Waals surface area contributed by atoms with Gasteiger partial charge in [-0.2, -0.15) is 0 Å². The van der Waals surface area contributed by atoms with Gasteiger partial charge in [0.2, 0.25) is 5.13 Å². The number of nitrogens with zero attached hydrogens (tertiary/aromatic N) is 2.